The molecule has 1 unspecified atom stereocenters. The fourth-order valence-corrected chi connectivity index (χ4v) is 6.83. The Balaban J connectivity index is 1.55. The number of rotatable bonds is 7. The number of carbonyl (C=O) groups is 4. The average molecular weight is 625 g/mol. The van der Waals surface area contributed by atoms with Gasteiger partial charge in [0.25, 0.3) is 5.91 Å². The molecule has 0 radical (unpaired) electrons. The number of nitrogens with one attached hydrogen (secondary N) is 2. The number of halogens is 1. The van der Waals surface area contributed by atoms with Crippen molar-refractivity contribution in [3.63, 3.8) is 0 Å². The maximum absolute atomic E-state index is 13.9. The SMILES string of the molecule is CN(C)C1C(O)=C(C(N)=O)C(=O)[C@@]2(O)C(O)=C3C(=O)c4c(O)ccc(-c5ccc(NC(=O)NCCCCl)cc5)c4C[C@@H]3C[C@H]12. The third-order valence-corrected chi connectivity index (χ3v) is 8.92. The molecule has 0 heterocycles. The normalized spacial score (nSPS) is 24.5. The van der Waals surface area contributed by atoms with E-state index in [1.165, 1.54) is 11.0 Å². The third-order valence-electron chi connectivity index (χ3n) is 8.66. The van der Waals surface area contributed by atoms with Crippen LogP contribution in [0.3, 0.4) is 0 Å². The Morgan fingerprint density at radius 3 is 2.39 bits per heavy atom. The van der Waals surface area contributed by atoms with Gasteiger partial charge < -0.3 is 36.8 Å². The first-order valence-corrected chi connectivity index (χ1v) is 14.6. The van der Waals surface area contributed by atoms with Gasteiger partial charge in [0.05, 0.1) is 11.6 Å². The van der Waals surface area contributed by atoms with Gasteiger partial charge in [0.15, 0.2) is 11.4 Å². The Hall–Kier alpha value is -4.39. The molecule has 0 saturated carbocycles. The number of fused-ring (bicyclic) bond motifs is 3. The lowest BCUT2D eigenvalue weighted by Crippen LogP contribution is -2.63. The zero-order valence-electron chi connectivity index (χ0n) is 24.1. The molecule has 0 aliphatic heterocycles. The highest BCUT2D eigenvalue weighted by molar-refractivity contribution is 6.25. The van der Waals surface area contributed by atoms with Crippen molar-refractivity contribution in [2.24, 2.45) is 17.6 Å². The molecule has 3 amide bonds. The third kappa shape index (κ3) is 4.88. The molecule has 0 fully saturated rings. The first kappa shape index (κ1) is 31.0. The lowest BCUT2D eigenvalue weighted by molar-refractivity contribution is -0.148. The van der Waals surface area contributed by atoms with E-state index < -0.39 is 58.0 Å². The monoisotopic (exact) mass is 624 g/mol. The first-order chi connectivity index (χ1) is 20.8. The summed E-state index contributed by atoms with van der Waals surface area (Å²) in [6.07, 6.45) is 0.774. The number of aliphatic hydroxyl groups excluding tert-OH is 2. The van der Waals surface area contributed by atoms with Crippen molar-refractivity contribution >= 4 is 40.8 Å². The van der Waals surface area contributed by atoms with Crippen LogP contribution in [0.15, 0.2) is 59.1 Å². The number of aromatic hydroxyl groups is 1. The fraction of sp³-hybridized carbons (Fsp3) is 0.355. The molecule has 8 N–H and O–H groups in total. The summed E-state index contributed by atoms with van der Waals surface area (Å²) in [5, 5.41) is 50.3. The Bertz CT molecular complexity index is 1630. The Morgan fingerprint density at radius 1 is 1.09 bits per heavy atom. The van der Waals surface area contributed by atoms with Crippen molar-refractivity contribution in [3.05, 3.63) is 70.2 Å². The molecule has 2 aromatic carbocycles. The van der Waals surface area contributed by atoms with Gasteiger partial charge in [-0.2, -0.15) is 0 Å². The number of allylic oxidation sites excluding steroid dienone is 1. The van der Waals surface area contributed by atoms with Gasteiger partial charge in [-0.3, -0.25) is 19.3 Å². The van der Waals surface area contributed by atoms with Crippen LogP contribution in [-0.4, -0.2) is 87.0 Å². The van der Waals surface area contributed by atoms with Gasteiger partial charge in [0.1, 0.15) is 22.8 Å². The van der Waals surface area contributed by atoms with E-state index in [1.54, 1.807) is 44.4 Å². The predicted molar refractivity (Wildman–Crippen MR) is 161 cm³/mol. The molecule has 3 aliphatic carbocycles. The number of nitrogens with two attached hydrogens (primary N) is 1. The van der Waals surface area contributed by atoms with E-state index in [2.05, 4.69) is 10.6 Å². The molecular formula is C31H33ClN4O8. The number of phenolic OH excluding ortho intramolecular Hbond substituents is 1. The summed E-state index contributed by atoms with van der Waals surface area (Å²) in [6, 6.07) is 8.45. The number of Topliss-reactive ketones (excluding diaryl/α,β-unsaturated/α-hetero) is 2. The van der Waals surface area contributed by atoms with Crippen molar-refractivity contribution in [3.8, 4) is 16.9 Å². The average Bonchev–Trinajstić information content (AvgIpc) is 2.95. The van der Waals surface area contributed by atoms with Crippen LogP contribution in [0.25, 0.3) is 11.1 Å². The number of ketones is 2. The van der Waals surface area contributed by atoms with Crippen molar-refractivity contribution < 1.29 is 39.6 Å². The van der Waals surface area contributed by atoms with Crippen molar-refractivity contribution in [2.75, 3.05) is 31.8 Å². The second-order valence-corrected chi connectivity index (χ2v) is 11.8. The maximum Gasteiger partial charge on any atom is 0.319 e. The Morgan fingerprint density at radius 2 is 1.77 bits per heavy atom. The number of primary amides is 1. The van der Waals surface area contributed by atoms with Crippen LogP contribution in [0.1, 0.15) is 28.8 Å². The molecule has 0 spiro atoms. The van der Waals surface area contributed by atoms with Gasteiger partial charge in [-0.05, 0) is 74.2 Å². The number of nitrogens with zero attached hydrogens (tertiary/aromatic N) is 1. The molecule has 0 bridgehead atoms. The van der Waals surface area contributed by atoms with Crippen LogP contribution in [0.5, 0.6) is 5.75 Å². The van der Waals surface area contributed by atoms with Gasteiger partial charge in [-0.25, -0.2) is 4.79 Å². The molecule has 0 aromatic heterocycles. The topological polar surface area (TPSA) is 203 Å². The molecule has 232 valence electrons. The number of aliphatic hydroxyl groups is 3. The highest BCUT2D eigenvalue weighted by atomic mass is 35.5. The van der Waals surface area contributed by atoms with Crippen LogP contribution < -0.4 is 16.4 Å². The quantitative estimate of drug-likeness (QED) is 0.137. The molecule has 44 heavy (non-hydrogen) atoms. The zero-order valence-corrected chi connectivity index (χ0v) is 24.8. The zero-order chi connectivity index (χ0) is 32.1. The van der Waals surface area contributed by atoms with E-state index >= 15 is 0 Å². The summed E-state index contributed by atoms with van der Waals surface area (Å²) in [5.74, 6) is -6.59. The molecule has 12 nitrogen and oxygen atoms in total. The maximum atomic E-state index is 13.9. The number of carbonyl (C=O) groups excluding carboxylic acids is 4. The standard InChI is InChI=1S/C31H33ClN4O8/c1-36(2)24-19-13-15-12-18-17(14-4-6-16(7-5-14)35-30(43)34-11-3-10-32)8-9-20(37)22(18)25(38)21(15)27(40)31(19,44)28(41)23(26(24)39)29(33)42/h4-9,15,19,24,37,39-40,44H,3,10-13H2,1-2H3,(H2,33,42)(H2,34,35,43)/t15-,19-,24?,31+/m1/s1. The summed E-state index contributed by atoms with van der Waals surface area (Å²) >= 11 is 5.64. The molecule has 2 aromatic rings. The second kappa shape index (κ2) is 11.6. The lowest BCUT2D eigenvalue weighted by Gasteiger charge is -2.50. The summed E-state index contributed by atoms with van der Waals surface area (Å²) in [4.78, 5) is 53.1. The molecular weight excluding hydrogens is 592 g/mol. The summed E-state index contributed by atoms with van der Waals surface area (Å²) in [5.41, 5.74) is 3.88. The van der Waals surface area contributed by atoms with E-state index in [1.807, 2.05) is 0 Å². The highest BCUT2D eigenvalue weighted by Gasteiger charge is 2.63. The van der Waals surface area contributed by atoms with Gasteiger partial charge in [-0.1, -0.05) is 18.2 Å². The van der Waals surface area contributed by atoms with Gasteiger partial charge >= 0.3 is 6.03 Å². The van der Waals surface area contributed by atoms with Crippen molar-refractivity contribution in [1.82, 2.24) is 10.2 Å². The number of amides is 3. The number of benzene rings is 2. The van der Waals surface area contributed by atoms with Crippen LogP contribution >= 0.6 is 11.6 Å². The number of phenols is 1. The smallest absolute Gasteiger partial charge is 0.319 e. The summed E-state index contributed by atoms with van der Waals surface area (Å²) in [6.45, 7) is 0.429. The number of urea groups is 1. The van der Waals surface area contributed by atoms with Gasteiger partial charge in [0.2, 0.25) is 5.78 Å². The largest absolute Gasteiger partial charge is 0.510 e. The fourth-order valence-electron chi connectivity index (χ4n) is 6.70. The molecule has 5 rings (SSSR count). The Kier molecular flexibility index (Phi) is 8.19. The number of hydrogen-bond acceptors (Lipinski definition) is 9. The Labute approximate surface area is 257 Å². The molecule has 3 aliphatic rings. The van der Waals surface area contributed by atoms with Crippen LogP contribution in [0.4, 0.5) is 10.5 Å². The number of anilines is 1. The van der Waals surface area contributed by atoms with Crippen molar-refractivity contribution in [1.29, 1.82) is 0 Å². The number of likely N-dealkylation sites (N-methyl/N-ethyl adjacent to an activating group) is 1. The van der Waals surface area contributed by atoms with E-state index in [-0.39, 0.29) is 35.8 Å². The highest BCUT2D eigenvalue weighted by Crippen LogP contribution is 2.53. The number of hydrogen-bond donors (Lipinski definition) is 7. The minimum Gasteiger partial charge on any atom is -0.510 e. The van der Waals surface area contributed by atoms with Crippen molar-refractivity contribution in [2.45, 2.75) is 30.9 Å². The van der Waals surface area contributed by atoms with E-state index in [0.29, 0.717) is 41.2 Å². The predicted octanol–water partition coefficient (Wildman–Crippen LogP) is 2.54. The molecule has 13 heteroatoms. The molecule has 0 saturated heterocycles. The summed E-state index contributed by atoms with van der Waals surface area (Å²) < 4.78 is 0. The number of alkyl halides is 1. The van der Waals surface area contributed by atoms with E-state index in [9.17, 15) is 39.6 Å². The minimum atomic E-state index is -2.70. The minimum absolute atomic E-state index is 0.0114. The van der Waals surface area contributed by atoms with E-state index in [4.69, 9.17) is 17.3 Å². The van der Waals surface area contributed by atoms with Gasteiger partial charge in [0, 0.05) is 29.6 Å². The van der Waals surface area contributed by atoms with Crippen LogP contribution in [-0.2, 0) is 16.0 Å². The second-order valence-electron chi connectivity index (χ2n) is 11.4. The van der Waals surface area contributed by atoms with Crippen LogP contribution in [0.2, 0.25) is 0 Å². The summed E-state index contributed by atoms with van der Waals surface area (Å²) in [7, 11) is 3.15. The van der Waals surface area contributed by atoms with Crippen LogP contribution in [0, 0.1) is 11.8 Å². The van der Waals surface area contributed by atoms with E-state index in [0.717, 1.165) is 0 Å². The molecule has 4 atom stereocenters. The lowest BCUT2D eigenvalue weighted by atomic mass is 9.58. The first-order valence-electron chi connectivity index (χ1n) is 14.0. The van der Waals surface area contributed by atoms with Gasteiger partial charge in [-0.15, -0.1) is 11.6 Å².